The predicted octanol–water partition coefficient (Wildman–Crippen LogP) is 3.07. The van der Waals surface area contributed by atoms with Crippen LogP contribution in [-0.4, -0.2) is 9.91 Å². The molecular weight excluding hydrogens is 272 g/mol. The van der Waals surface area contributed by atoms with Gasteiger partial charge in [-0.15, -0.1) is 0 Å². The number of non-ortho nitro benzene ring substituents is 1. The van der Waals surface area contributed by atoms with Gasteiger partial charge >= 0.3 is 5.63 Å². The molecule has 0 spiro atoms. The van der Waals surface area contributed by atoms with Crippen LogP contribution in [0.3, 0.4) is 0 Å². The number of aromatic nitrogens is 1. The standard InChI is InChI=1S/C15H10N2O4/c1-9-2-7-13-12(8-9)15(18)21-14(16-13)10-3-5-11(6-4-10)17(19)20/h2-8H,1H3. The van der Waals surface area contributed by atoms with Crippen LogP contribution in [0.15, 0.2) is 51.7 Å². The van der Waals surface area contributed by atoms with Crippen molar-refractivity contribution < 1.29 is 9.34 Å². The lowest BCUT2D eigenvalue weighted by molar-refractivity contribution is -0.384. The van der Waals surface area contributed by atoms with E-state index in [2.05, 4.69) is 4.98 Å². The van der Waals surface area contributed by atoms with Gasteiger partial charge in [0.05, 0.1) is 15.8 Å². The molecule has 3 rings (SSSR count). The molecule has 0 radical (unpaired) electrons. The van der Waals surface area contributed by atoms with E-state index >= 15 is 0 Å². The fraction of sp³-hybridized carbons (Fsp3) is 0.0667. The summed E-state index contributed by atoms with van der Waals surface area (Å²) in [6, 6.07) is 11.0. The van der Waals surface area contributed by atoms with Crippen molar-refractivity contribution in [3.05, 3.63) is 68.6 Å². The van der Waals surface area contributed by atoms with Crippen LogP contribution in [0.2, 0.25) is 0 Å². The van der Waals surface area contributed by atoms with E-state index in [1.54, 1.807) is 12.1 Å². The topological polar surface area (TPSA) is 86.2 Å². The average Bonchev–Trinajstić information content (AvgIpc) is 2.48. The Bertz CT molecular complexity index is 898. The van der Waals surface area contributed by atoms with Gasteiger partial charge < -0.3 is 4.42 Å². The Kier molecular flexibility index (Phi) is 2.98. The molecule has 0 bridgehead atoms. The van der Waals surface area contributed by atoms with Gasteiger partial charge in [-0.25, -0.2) is 9.78 Å². The maximum Gasteiger partial charge on any atom is 0.347 e. The first-order valence-corrected chi connectivity index (χ1v) is 6.21. The molecule has 6 heteroatoms. The molecule has 21 heavy (non-hydrogen) atoms. The zero-order valence-corrected chi connectivity index (χ0v) is 11.1. The molecule has 1 aromatic heterocycles. The first-order chi connectivity index (χ1) is 10.0. The molecule has 0 aliphatic rings. The summed E-state index contributed by atoms with van der Waals surface area (Å²) in [5, 5.41) is 11.0. The number of rotatable bonds is 2. The number of benzene rings is 2. The lowest BCUT2D eigenvalue weighted by atomic mass is 10.1. The predicted molar refractivity (Wildman–Crippen MR) is 77.1 cm³/mol. The van der Waals surface area contributed by atoms with Crippen molar-refractivity contribution in [3.8, 4) is 11.5 Å². The second-order valence-electron chi connectivity index (χ2n) is 4.63. The largest absolute Gasteiger partial charge is 0.403 e. The number of fused-ring (bicyclic) bond motifs is 1. The summed E-state index contributed by atoms with van der Waals surface area (Å²) in [5.74, 6) is 0.145. The van der Waals surface area contributed by atoms with Crippen molar-refractivity contribution >= 4 is 16.6 Å². The second kappa shape index (κ2) is 4.82. The molecule has 0 saturated heterocycles. The summed E-state index contributed by atoms with van der Waals surface area (Å²) in [7, 11) is 0. The van der Waals surface area contributed by atoms with Crippen molar-refractivity contribution in [1.29, 1.82) is 0 Å². The quantitative estimate of drug-likeness (QED) is 0.532. The molecule has 0 atom stereocenters. The summed E-state index contributed by atoms with van der Waals surface area (Å²) in [6.07, 6.45) is 0. The van der Waals surface area contributed by atoms with Crippen LogP contribution in [0.5, 0.6) is 0 Å². The van der Waals surface area contributed by atoms with Crippen LogP contribution in [0.1, 0.15) is 5.56 Å². The molecule has 0 saturated carbocycles. The van der Waals surface area contributed by atoms with Crippen LogP contribution < -0.4 is 5.63 Å². The van der Waals surface area contributed by atoms with Gasteiger partial charge in [0.1, 0.15) is 0 Å². The van der Waals surface area contributed by atoms with Gasteiger partial charge in [0.25, 0.3) is 5.69 Å². The molecule has 0 N–H and O–H groups in total. The van der Waals surface area contributed by atoms with Crippen LogP contribution in [0.4, 0.5) is 5.69 Å². The van der Waals surface area contributed by atoms with Crippen molar-refractivity contribution in [2.75, 3.05) is 0 Å². The van der Waals surface area contributed by atoms with Crippen LogP contribution in [0, 0.1) is 17.0 Å². The summed E-state index contributed by atoms with van der Waals surface area (Å²) < 4.78 is 5.20. The van der Waals surface area contributed by atoms with Gasteiger partial charge in [-0.3, -0.25) is 10.1 Å². The fourth-order valence-corrected chi connectivity index (χ4v) is 2.04. The molecule has 0 fully saturated rings. The highest BCUT2D eigenvalue weighted by molar-refractivity contribution is 5.79. The van der Waals surface area contributed by atoms with Gasteiger partial charge in [-0.2, -0.15) is 0 Å². The van der Waals surface area contributed by atoms with E-state index in [1.807, 2.05) is 13.0 Å². The second-order valence-corrected chi connectivity index (χ2v) is 4.63. The molecule has 0 aliphatic carbocycles. The first-order valence-electron chi connectivity index (χ1n) is 6.21. The third kappa shape index (κ3) is 2.38. The van der Waals surface area contributed by atoms with Crippen LogP contribution in [0.25, 0.3) is 22.4 Å². The van der Waals surface area contributed by atoms with E-state index in [9.17, 15) is 14.9 Å². The Labute approximate surface area is 118 Å². The lowest BCUT2D eigenvalue weighted by Gasteiger charge is -2.02. The number of nitro benzene ring substituents is 1. The zero-order valence-electron chi connectivity index (χ0n) is 11.1. The van der Waals surface area contributed by atoms with Gasteiger partial charge in [-0.05, 0) is 31.2 Å². The molecule has 6 nitrogen and oxygen atoms in total. The zero-order chi connectivity index (χ0) is 15.0. The summed E-state index contributed by atoms with van der Waals surface area (Å²) in [4.78, 5) is 26.4. The van der Waals surface area contributed by atoms with E-state index < -0.39 is 10.5 Å². The van der Waals surface area contributed by atoms with Crippen LogP contribution >= 0.6 is 0 Å². The summed E-state index contributed by atoms with van der Waals surface area (Å²) >= 11 is 0. The highest BCUT2D eigenvalue weighted by Gasteiger charge is 2.10. The smallest absolute Gasteiger partial charge is 0.347 e. The van der Waals surface area contributed by atoms with Crippen LogP contribution in [-0.2, 0) is 0 Å². The monoisotopic (exact) mass is 282 g/mol. The first kappa shape index (κ1) is 13.0. The van der Waals surface area contributed by atoms with E-state index in [0.29, 0.717) is 16.5 Å². The number of nitrogens with zero attached hydrogens (tertiary/aromatic N) is 2. The third-order valence-corrected chi connectivity index (χ3v) is 3.11. The van der Waals surface area contributed by atoms with E-state index in [0.717, 1.165) is 5.56 Å². The van der Waals surface area contributed by atoms with E-state index in [-0.39, 0.29) is 11.6 Å². The summed E-state index contributed by atoms with van der Waals surface area (Å²) in [5.41, 5.74) is 1.49. The Hall–Kier alpha value is -3.02. The molecule has 0 amide bonds. The van der Waals surface area contributed by atoms with Gasteiger partial charge in [0.2, 0.25) is 5.89 Å². The highest BCUT2D eigenvalue weighted by atomic mass is 16.6. The molecule has 2 aromatic carbocycles. The van der Waals surface area contributed by atoms with Gasteiger partial charge in [0, 0.05) is 17.7 Å². The molecule has 1 heterocycles. The normalized spacial score (nSPS) is 10.7. The van der Waals surface area contributed by atoms with Crippen molar-refractivity contribution in [1.82, 2.24) is 4.98 Å². The molecule has 0 aliphatic heterocycles. The van der Waals surface area contributed by atoms with Gasteiger partial charge in [0.15, 0.2) is 0 Å². The molecule has 0 unspecified atom stereocenters. The number of hydrogen-bond acceptors (Lipinski definition) is 5. The number of nitro groups is 1. The molecule has 3 aromatic rings. The Morgan fingerprint density at radius 1 is 1.14 bits per heavy atom. The SMILES string of the molecule is Cc1ccc2nc(-c3ccc([N+](=O)[O-])cc3)oc(=O)c2c1. The average molecular weight is 282 g/mol. The minimum Gasteiger partial charge on any atom is -0.403 e. The third-order valence-electron chi connectivity index (χ3n) is 3.11. The van der Waals surface area contributed by atoms with Gasteiger partial charge in [-0.1, -0.05) is 11.6 Å². The minimum atomic E-state index is -0.490. The van der Waals surface area contributed by atoms with Crippen molar-refractivity contribution in [2.24, 2.45) is 0 Å². The highest BCUT2D eigenvalue weighted by Crippen LogP contribution is 2.21. The Balaban J connectivity index is 2.14. The molecule has 104 valence electrons. The summed E-state index contributed by atoms with van der Waals surface area (Å²) in [6.45, 7) is 1.88. The lowest BCUT2D eigenvalue weighted by Crippen LogP contribution is -2.03. The maximum atomic E-state index is 12.0. The number of aryl methyl sites for hydroxylation is 1. The number of hydrogen-bond donors (Lipinski definition) is 0. The van der Waals surface area contributed by atoms with E-state index in [4.69, 9.17) is 4.42 Å². The minimum absolute atomic E-state index is 0.0301. The van der Waals surface area contributed by atoms with Crippen molar-refractivity contribution in [3.63, 3.8) is 0 Å². The fourth-order valence-electron chi connectivity index (χ4n) is 2.04. The Morgan fingerprint density at radius 3 is 2.52 bits per heavy atom. The van der Waals surface area contributed by atoms with Crippen molar-refractivity contribution in [2.45, 2.75) is 6.92 Å². The Morgan fingerprint density at radius 2 is 1.86 bits per heavy atom. The molecular formula is C15H10N2O4. The maximum absolute atomic E-state index is 12.0. The van der Waals surface area contributed by atoms with E-state index in [1.165, 1.54) is 24.3 Å².